The van der Waals surface area contributed by atoms with Crippen molar-refractivity contribution >= 4 is 62.3 Å². The molecule has 3 aromatic rings. The van der Waals surface area contributed by atoms with Gasteiger partial charge in [0.1, 0.15) is 12.6 Å². The smallest absolute Gasteiger partial charge is 0.264 e. The van der Waals surface area contributed by atoms with E-state index >= 15 is 0 Å². The summed E-state index contributed by atoms with van der Waals surface area (Å²) < 4.78 is 29.3. The van der Waals surface area contributed by atoms with E-state index in [1.165, 1.54) is 17.0 Å². The molecule has 3 aromatic carbocycles. The van der Waals surface area contributed by atoms with E-state index in [1.807, 2.05) is 13.8 Å². The van der Waals surface area contributed by atoms with E-state index in [0.717, 1.165) is 35.6 Å². The van der Waals surface area contributed by atoms with Gasteiger partial charge in [0.05, 0.1) is 10.6 Å². The van der Waals surface area contributed by atoms with Gasteiger partial charge in [-0.05, 0) is 81.1 Å². The van der Waals surface area contributed by atoms with E-state index in [2.05, 4.69) is 5.32 Å². The minimum Gasteiger partial charge on any atom is -0.352 e. The van der Waals surface area contributed by atoms with Crippen LogP contribution in [0.1, 0.15) is 55.7 Å². The number of carbonyl (C=O) groups is 2. The molecule has 0 saturated heterocycles. The Morgan fingerprint density at radius 3 is 2.16 bits per heavy atom. The van der Waals surface area contributed by atoms with Gasteiger partial charge in [-0.15, -0.1) is 0 Å². The van der Waals surface area contributed by atoms with Gasteiger partial charge < -0.3 is 10.2 Å². The van der Waals surface area contributed by atoms with E-state index < -0.39 is 28.5 Å². The fourth-order valence-electron chi connectivity index (χ4n) is 5.39. The molecule has 11 heteroatoms. The van der Waals surface area contributed by atoms with Crippen LogP contribution in [0.5, 0.6) is 0 Å². The van der Waals surface area contributed by atoms with Crippen LogP contribution >= 0.6 is 34.8 Å². The van der Waals surface area contributed by atoms with Crippen molar-refractivity contribution in [2.75, 3.05) is 10.8 Å². The van der Waals surface area contributed by atoms with E-state index in [1.54, 1.807) is 55.5 Å². The third-order valence-corrected chi connectivity index (χ3v) is 10.5. The molecule has 0 aliphatic heterocycles. The fourth-order valence-corrected chi connectivity index (χ4v) is 7.61. The van der Waals surface area contributed by atoms with Crippen molar-refractivity contribution in [2.45, 2.75) is 76.4 Å². The molecule has 0 aromatic heterocycles. The van der Waals surface area contributed by atoms with Crippen LogP contribution in [0.2, 0.25) is 15.1 Å². The Kier molecular flexibility index (Phi) is 11.0. The number of benzene rings is 3. The Labute approximate surface area is 269 Å². The molecule has 1 atom stereocenters. The molecule has 0 radical (unpaired) electrons. The van der Waals surface area contributed by atoms with Crippen LogP contribution in [0.3, 0.4) is 0 Å². The first-order valence-electron chi connectivity index (χ1n) is 14.3. The SMILES string of the molecule is CC[C@H](C(=O)NC1CCCC1)N(Cc1c(Cl)cccc1Cl)C(=O)CN(c1ccc(Cl)cc1C)S(=O)(=O)c1ccc(C)cc1. The number of hydrogen-bond donors (Lipinski definition) is 1. The number of nitrogens with one attached hydrogen (secondary N) is 1. The second kappa shape index (κ2) is 14.3. The highest BCUT2D eigenvalue weighted by Gasteiger charge is 2.35. The highest BCUT2D eigenvalue weighted by Crippen LogP contribution is 2.31. The third-order valence-electron chi connectivity index (χ3n) is 7.79. The van der Waals surface area contributed by atoms with Gasteiger partial charge in [-0.25, -0.2) is 8.42 Å². The molecular formula is C32H36Cl3N3O4S. The largest absolute Gasteiger partial charge is 0.352 e. The van der Waals surface area contributed by atoms with Crippen molar-refractivity contribution in [2.24, 2.45) is 0 Å². The standard InChI is InChI=1S/C32H36Cl3N3O4S/c1-4-29(32(40)36-24-8-5-6-9-24)37(19-26-27(34)10-7-11-28(26)35)31(39)20-38(30-17-14-23(33)18-22(30)3)43(41,42)25-15-12-21(2)13-16-25/h7,10-18,24,29H,4-6,8-9,19-20H2,1-3H3,(H,36,40)/t29-/m1/s1. The van der Waals surface area contributed by atoms with E-state index in [-0.39, 0.29) is 23.4 Å². The molecule has 43 heavy (non-hydrogen) atoms. The van der Waals surface area contributed by atoms with Crippen molar-refractivity contribution in [3.8, 4) is 0 Å². The van der Waals surface area contributed by atoms with E-state index in [4.69, 9.17) is 34.8 Å². The van der Waals surface area contributed by atoms with Gasteiger partial charge in [-0.2, -0.15) is 0 Å². The van der Waals surface area contributed by atoms with Gasteiger partial charge >= 0.3 is 0 Å². The zero-order valence-electron chi connectivity index (χ0n) is 24.4. The third kappa shape index (κ3) is 7.85. The van der Waals surface area contributed by atoms with Crippen LogP contribution in [0.25, 0.3) is 0 Å². The highest BCUT2D eigenvalue weighted by atomic mass is 35.5. The monoisotopic (exact) mass is 663 g/mol. The summed E-state index contributed by atoms with van der Waals surface area (Å²) in [5, 5.41) is 4.22. The van der Waals surface area contributed by atoms with Gasteiger partial charge in [0.25, 0.3) is 10.0 Å². The number of nitrogens with zero attached hydrogens (tertiary/aromatic N) is 2. The Bertz CT molecular complexity index is 1550. The predicted octanol–water partition coefficient (Wildman–Crippen LogP) is 7.33. The van der Waals surface area contributed by atoms with Crippen molar-refractivity contribution in [3.63, 3.8) is 0 Å². The summed E-state index contributed by atoms with van der Waals surface area (Å²) >= 11 is 19.2. The van der Waals surface area contributed by atoms with E-state index in [9.17, 15) is 18.0 Å². The van der Waals surface area contributed by atoms with Crippen molar-refractivity contribution in [3.05, 3.63) is 92.4 Å². The second-order valence-corrected chi connectivity index (χ2v) is 14.0. The minimum atomic E-state index is -4.21. The van der Waals surface area contributed by atoms with Gasteiger partial charge in [0.15, 0.2) is 0 Å². The molecule has 0 heterocycles. The number of anilines is 1. The maximum absolute atomic E-state index is 14.3. The summed E-state index contributed by atoms with van der Waals surface area (Å²) in [6.45, 7) is 4.77. The number of halogens is 3. The molecule has 0 bridgehead atoms. The van der Waals surface area contributed by atoms with Crippen LogP contribution in [0.15, 0.2) is 65.6 Å². The summed E-state index contributed by atoms with van der Waals surface area (Å²) in [6.07, 6.45) is 4.13. The average Bonchev–Trinajstić information content (AvgIpc) is 3.46. The maximum atomic E-state index is 14.3. The van der Waals surface area contributed by atoms with Crippen LogP contribution in [-0.2, 0) is 26.2 Å². The van der Waals surface area contributed by atoms with Gasteiger partial charge in [-0.3, -0.25) is 13.9 Å². The molecule has 1 saturated carbocycles. The first-order valence-corrected chi connectivity index (χ1v) is 16.9. The molecule has 1 aliphatic rings. The second-order valence-electron chi connectivity index (χ2n) is 10.9. The Hall–Kier alpha value is -2.78. The van der Waals surface area contributed by atoms with Crippen molar-refractivity contribution < 1.29 is 18.0 Å². The average molecular weight is 665 g/mol. The zero-order valence-corrected chi connectivity index (χ0v) is 27.5. The summed E-state index contributed by atoms with van der Waals surface area (Å²) in [6, 6.07) is 15.4. The van der Waals surface area contributed by atoms with Crippen molar-refractivity contribution in [1.82, 2.24) is 10.2 Å². The predicted molar refractivity (Wildman–Crippen MR) is 173 cm³/mol. The minimum absolute atomic E-state index is 0.0342. The first kappa shape index (κ1) is 33.1. The van der Waals surface area contributed by atoms with Crippen LogP contribution in [-0.4, -0.2) is 43.8 Å². The molecule has 230 valence electrons. The first-order chi connectivity index (χ1) is 20.4. The Balaban J connectivity index is 1.77. The van der Waals surface area contributed by atoms with Gasteiger partial charge in [-0.1, -0.05) is 78.3 Å². The zero-order chi connectivity index (χ0) is 31.3. The maximum Gasteiger partial charge on any atom is 0.264 e. The summed E-state index contributed by atoms with van der Waals surface area (Å²) in [7, 11) is -4.21. The molecule has 7 nitrogen and oxygen atoms in total. The number of rotatable bonds is 11. The molecular weight excluding hydrogens is 629 g/mol. The van der Waals surface area contributed by atoms with Crippen molar-refractivity contribution in [1.29, 1.82) is 0 Å². The number of carbonyl (C=O) groups excluding carboxylic acids is 2. The lowest BCUT2D eigenvalue weighted by Crippen LogP contribution is -2.53. The Morgan fingerprint density at radius 2 is 1.58 bits per heavy atom. The molecule has 4 rings (SSSR count). The van der Waals surface area contributed by atoms with Gasteiger partial charge in [0.2, 0.25) is 11.8 Å². The molecule has 1 fully saturated rings. The summed E-state index contributed by atoms with van der Waals surface area (Å²) in [5.41, 5.74) is 2.24. The van der Waals surface area contributed by atoms with Gasteiger partial charge in [0, 0.05) is 33.2 Å². The number of amides is 2. The fraction of sp³-hybridized carbons (Fsp3) is 0.375. The van der Waals surface area contributed by atoms with E-state index in [0.29, 0.717) is 38.3 Å². The lowest BCUT2D eigenvalue weighted by Gasteiger charge is -2.34. The number of aryl methyl sites for hydroxylation is 2. The summed E-state index contributed by atoms with van der Waals surface area (Å²) in [4.78, 5) is 29.4. The number of sulfonamides is 1. The molecule has 0 unspecified atom stereocenters. The topological polar surface area (TPSA) is 86.8 Å². The van der Waals surface area contributed by atoms with Crippen LogP contribution in [0, 0.1) is 13.8 Å². The summed E-state index contributed by atoms with van der Waals surface area (Å²) in [5.74, 6) is -0.865. The number of hydrogen-bond acceptors (Lipinski definition) is 4. The van der Waals surface area contributed by atoms with Crippen LogP contribution in [0.4, 0.5) is 5.69 Å². The molecule has 0 spiro atoms. The highest BCUT2D eigenvalue weighted by molar-refractivity contribution is 7.92. The van der Waals surface area contributed by atoms with Crippen LogP contribution < -0.4 is 9.62 Å². The lowest BCUT2D eigenvalue weighted by atomic mass is 10.1. The normalized spacial score (nSPS) is 14.4. The Morgan fingerprint density at radius 1 is 0.953 bits per heavy atom. The molecule has 1 N–H and O–H groups in total. The quantitative estimate of drug-likeness (QED) is 0.233. The molecule has 1 aliphatic carbocycles. The molecule has 2 amide bonds. The lowest BCUT2D eigenvalue weighted by molar-refractivity contribution is -0.140.